The highest BCUT2D eigenvalue weighted by atomic mass is 16.2. The predicted octanol–water partition coefficient (Wildman–Crippen LogP) is 2.06. The third kappa shape index (κ3) is 5.85. The molecule has 0 aliphatic heterocycles. The molecule has 106 valence electrons. The highest BCUT2D eigenvalue weighted by Gasteiger charge is 2.15. The molecule has 1 atom stereocenters. The summed E-state index contributed by atoms with van der Waals surface area (Å²) >= 11 is 0. The monoisotopic (exact) mass is 263 g/mol. The molecule has 3 N–H and O–H groups in total. The molecule has 19 heavy (non-hydrogen) atoms. The van der Waals surface area contributed by atoms with Crippen molar-refractivity contribution in [2.45, 2.75) is 32.9 Å². The molecule has 1 aromatic carbocycles. The molecule has 1 amide bonds. The second-order valence-corrected chi connectivity index (χ2v) is 5.66. The zero-order valence-electron chi connectivity index (χ0n) is 12.3. The van der Waals surface area contributed by atoms with Gasteiger partial charge in [0.15, 0.2) is 0 Å². The number of benzene rings is 1. The van der Waals surface area contributed by atoms with E-state index in [1.54, 1.807) is 0 Å². The van der Waals surface area contributed by atoms with Crippen LogP contribution in [0.4, 0.5) is 5.69 Å². The number of nitrogens with one attached hydrogen (secondary N) is 1. The molecule has 1 rings (SSSR count). The summed E-state index contributed by atoms with van der Waals surface area (Å²) in [7, 11) is 4.04. The molecule has 0 spiro atoms. The van der Waals surface area contributed by atoms with Gasteiger partial charge in [0.2, 0.25) is 5.91 Å². The lowest BCUT2D eigenvalue weighted by Crippen LogP contribution is -2.36. The van der Waals surface area contributed by atoms with Crippen LogP contribution < -0.4 is 11.1 Å². The smallest absolute Gasteiger partial charge is 0.241 e. The van der Waals surface area contributed by atoms with E-state index in [2.05, 4.69) is 24.1 Å². The second kappa shape index (κ2) is 7.26. The van der Waals surface area contributed by atoms with Crippen molar-refractivity contribution in [3.8, 4) is 0 Å². The van der Waals surface area contributed by atoms with E-state index in [0.29, 0.717) is 12.3 Å². The third-order valence-corrected chi connectivity index (χ3v) is 2.76. The molecule has 0 bridgehead atoms. The van der Waals surface area contributed by atoms with Crippen LogP contribution in [0.2, 0.25) is 0 Å². The summed E-state index contributed by atoms with van der Waals surface area (Å²) in [6.45, 7) is 4.97. The van der Waals surface area contributed by atoms with Gasteiger partial charge < -0.3 is 16.0 Å². The Morgan fingerprint density at radius 2 is 2.05 bits per heavy atom. The quantitative estimate of drug-likeness (QED) is 0.826. The van der Waals surface area contributed by atoms with E-state index in [1.165, 1.54) is 5.56 Å². The van der Waals surface area contributed by atoms with Crippen molar-refractivity contribution >= 4 is 11.6 Å². The minimum atomic E-state index is -0.447. The molecule has 0 aliphatic rings. The molecule has 0 radical (unpaired) electrons. The fraction of sp³-hybridized carbons (Fsp3) is 0.533. The first-order chi connectivity index (χ1) is 8.88. The number of amides is 1. The minimum Gasteiger partial charge on any atom is -0.325 e. The van der Waals surface area contributed by atoms with Crippen molar-refractivity contribution in [1.29, 1.82) is 0 Å². The maximum Gasteiger partial charge on any atom is 0.241 e. The van der Waals surface area contributed by atoms with Crippen LogP contribution >= 0.6 is 0 Å². The summed E-state index contributed by atoms with van der Waals surface area (Å²) in [6.07, 6.45) is 0.698. The Morgan fingerprint density at radius 1 is 1.37 bits per heavy atom. The molecule has 0 aromatic heterocycles. The van der Waals surface area contributed by atoms with Gasteiger partial charge in [-0.25, -0.2) is 0 Å². The Bertz CT molecular complexity index is 416. The molecule has 0 fully saturated rings. The fourth-order valence-electron chi connectivity index (χ4n) is 1.96. The summed E-state index contributed by atoms with van der Waals surface area (Å²) in [4.78, 5) is 14.0. The molecule has 0 heterocycles. The summed E-state index contributed by atoms with van der Waals surface area (Å²) in [5, 5.41) is 2.88. The van der Waals surface area contributed by atoms with E-state index < -0.39 is 6.04 Å². The first kappa shape index (κ1) is 15.7. The summed E-state index contributed by atoms with van der Waals surface area (Å²) in [6, 6.07) is 7.42. The lowest BCUT2D eigenvalue weighted by atomic mass is 10.0. The largest absolute Gasteiger partial charge is 0.325 e. The Labute approximate surface area is 116 Å². The van der Waals surface area contributed by atoms with E-state index in [1.807, 2.05) is 38.4 Å². The molecule has 4 nitrogen and oxygen atoms in total. The fourth-order valence-corrected chi connectivity index (χ4v) is 1.96. The molecule has 0 saturated heterocycles. The van der Waals surface area contributed by atoms with Crippen molar-refractivity contribution in [3.63, 3.8) is 0 Å². The van der Waals surface area contributed by atoms with Gasteiger partial charge in [0.05, 0.1) is 6.04 Å². The van der Waals surface area contributed by atoms with Crippen LogP contribution in [0.3, 0.4) is 0 Å². The van der Waals surface area contributed by atoms with Gasteiger partial charge in [-0.15, -0.1) is 0 Å². The maximum atomic E-state index is 11.9. The first-order valence-corrected chi connectivity index (χ1v) is 6.68. The van der Waals surface area contributed by atoms with Gasteiger partial charge in [0, 0.05) is 12.2 Å². The van der Waals surface area contributed by atoms with Gasteiger partial charge in [-0.1, -0.05) is 26.0 Å². The van der Waals surface area contributed by atoms with Crippen LogP contribution in [0, 0.1) is 5.92 Å². The van der Waals surface area contributed by atoms with Crippen LogP contribution in [0.5, 0.6) is 0 Å². The summed E-state index contributed by atoms with van der Waals surface area (Å²) in [5.74, 6) is 0.302. The topological polar surface area (TPSA) is 58.4 Å². The average molecular weight is 263 g/mol. The van der Waals surface area contributed by atoms with Crippen LogP contribution in [-0.2, 0) is 11.3 Å². The molecular weight excluding hydrogens is 238 g/mol. The summed E-state index contributed by atoms with van der Waals surface area (Å²) in [5.41, 5.74) is 7.84. The molecule has 1 aromatic rings. The van der Waals surface area contributed by atoms with Crippen molar-refractivity contribution < 1.29 is 4.79 Å². The van der Waals surface area contributed by atoms with Crippen molar-refractivity contribution in [2.24, 2.45) is 11.7 Å². The van der Waals surface area contributed by atoms with Crippen LogP contribution in [0.1, 0.15) is 25.8 Å². The first-order valence-electron chi connectivity index (χ1n) is 6.68. The van der Waals surface area contributed by atoms with Gasteiger partial charge >= 0.3 is 0 Å². The molecule has 0 unspecified atom stereocenters. The molecule has 4 heteroatoms. The number of hydrogen-bond acceptors (Lipinski definition) is 3. The lowest BCUT2D eigenvalue weighted by molar-refractivity contribution is -0.117. The maximum absolute atomic E-state index is 11.9. The van der Waals surface area contributed by atoms with Crippen molar-refractivity contribution in [1.82, 2.24) is 4.90 Å². The van der Waals surface area contributed by atoms with E-state index in [9.17, 15) is 4.79 Å². The number of rotatable bonds is 6. The van der Waals surface area contributed by atoms with Gasteiger partial charge in [-0.05, 0) is 44.1 Å². The number of hydrogen-bond donors (Lipinski definition) is 2. The molecule has 0 aliphatic carbocycles. The molecule has 0 saturated carbocycles. The number of carbonyl (C=O) groups excluding carboxylic acids is 1. The SMILES string of the molecule is CC(C)C[C@H](N)C(=O)Nc1cccc(CN(C)C)c1. The lowest BCUT2D eigenvalue weighted by Gasteiger charge is -2.15. The van der Waals surface area contributed by atoms with E-state index >= 15 is 0 Å². The Morgan fingerprint density at radius 3 is 2.63 bits per heavy atom. The Kier molecular flexibility index (Phi) is 5.99. The van der Waals surface area contributed by atoms with Crippen molar-refractivity contribution in [2.75, 3.05) is 19.4 Å². The van der Waals surface area contributed by atoms with Crippen LogP contribution in [0.25, 0.3) is 0 Å². The Hall–Kier alpha value is -1.39. The number of nitrogens with zero attached hydrogens (tertiary/aromatic N) is 1. The predicted molar refractivity (Wildman–Crippen MR) is 79.9 cm³/mol. The Balaban J connectivity index is 2.63. The minimum absolute atomic E-state index is 0.115. The standard InChI is InChI=1S/C15H25N3O/c1-11(2)8-14(16)15(19)17-13-7-5-6-12(9-13)10-18(3)4/h5-7,9,11,14H,8,10,16H2,1-4H3,(H,17,19)/t14-/m0/s1. The van der Waals surface area contributed by atoms with Gasteiger partial charge in [0.1, 0.15) is 0 Å². The highest BCUT2D eigenvalue weighted by molar-refractivity contribution is 5.94. The van der Waals surface area contributed by atoms with Gasteiger partial charge in [-0.2, -0.15) is 0 Å². The molecular formula is C15H25N3O. The van der Waals surface area contributed by atoms with E-state index in [0.717, 1.165) is 12.2 Å². The van der Waals surface area contributed by atoms with Gasteiger partial charge in [0.25, 0.3) is 0 Å². The highest BCUT2D eigenvalue weighted by Crippen LogP contribution is 2.13. The number of carbonyl (C=O) groups is 1. The normalized spacial score (nSPS) is 12.8. The van der Waals surface area contributed by atoms with Crippen molar-refractivity contribution in [3.05, 3.63) is 29.8 Å². The third-order valence-electron chi connectivity index (χ3n) is 2.76. The second-order valence-electron chi connectivity index (χ2n) is 5.66. The van der Waals surface area contributed by atoms with E-state index in [-0.39, 0.29) is 5.91 Å². The zero-order chi connectivity index (χ0) is 14.4. The van der Waals surface area contributed by atoms with Gasteiger partial charge in [-0.3, -0.25) is 4.79 Å². The average Bonchev–Trinajstić information content (AvgIpc) is 2.27. The van der Waals surface area contributed by atoms with Crippen LogP contribution in [-0.4, -0.2) is 30.9 Å². The summed E-state index contributed by atoms with van der Waals surface area (Å²) < 4.78 is 0. The zero-order valence-corrected chi connectivity index (χ0v) is 12.3. The van der Waals surface area contributed by atoms with Crippen LogP contribution in [0.15, 0.2) is 24.3 Å². The number of anilines is 1. The van der Waals surface area contributed by atoms with E-state index in [4.69, 9.17) is 5.73 Å². The number of nitrogens with two attached hydrogens (primary N) is 1.